The van der Waals surface area contributed by atoms with Crippen LogP contribution < -0.4 is 0 Å². The number of carbonyl (C=O) groups excluding carboxylic acids is 1. The van der Waals surface area contributed by atoms with Gasteiger partial charge in [-0.1, -0.05) is 30.1 Å². The van der Waals surface area contributed by atoms with Crippen molar-refractivity contribution >= 4 is 29.1 Å². The van der Waals surface area contributed by atoms with E-state index in [1.807, 2.05) is 0 Å². The number of halogens is 2. The number of hydrogen-bond donors (Lipinski definition) is 0. The van der Waals surface area contributed by atoms with E-state index in [0.29, 0.717) is 29.6 Å². The Morgan fingerprint density at radius 3 is 2.95 bits per heavy atom. The summed E-state index contributed by atoms with van der Waals surface area (Å²) in [4.78, 5) is 18.0. The van der Waals surface area contributed by atoms with Gasteiger partial charge in [0.2, 0.25) is 0 Å². The topological polar surface area (TPSA) is 42.4 Å². The number of piperidine rings is 1. The highest BCUT2D eigenvalue weighted by atomic mass is 35.5. The first-order chi connectivity index (χ1) is 9.02. The number of nitrogens with zero attached hydrogens (tertiary/aromatic N) is 2. The van der Waals surface area contributed by atoms with Gasteiger partial charge in [0.1, 0.15) is 5.15 Å². The molecule has 1 aliphatic heterocycles. The van der Waals surface area contributed by atoms with E-state index < -0.39 is 0 Å². The van der Waals surface area contributed by atoms with Gasteiger partial charge in [0.05, 0.1) is 16.7 Å². The van der Waals surface area contributed by atoms with E-state index in [1.165, 1.54) is 12.3 Å². The fourth-order valence-corrected chi connectivity index (χ4v) is 2.61. The first kappa shape index (κ1) is 14.6. The summed E-state index contributed by atoms with van der Waals surface area (Å²) >= 11 is 11.8. The van der Waals surface area contributed by atoms with Crippen molar-refractivity contribution in [3.63, 3.8) is 0 Å². The van der Waals surface area contributed by atoms with Crippen molar-refractivity contribution in [2.24, 2.45) is 5.92 Å². The maximum Gasteiger partial charge on any atom is 0.255 e. The molecule has 0 spiro atoms. The van der Waals surface area contributed by atoms with Crippen molar-refractivity contribution in [3.05, 3.63) is 28.0 Å². The van der Waals surface area contributed by atoms with Gasteiger partial charge in [0, 0.05) is 26.4 Å². The van der Waals surface area contributed by atoms with Crippen molar-refractivity contribution in [1.82, 2.24) is 9.88 Å². The van der Waals surface area contributed by atoms with Gasteiger partial charge in [-0.2, -0.15) is 0 Å². The molecule has 0 radical (unpaired) electrons. The van der Waals surface area contributed by atoms with Gasteiger partial charge < -0.3 is 9.64 Å². The fraction of sp³-hybridized carbons (Fsp3) is 0.538. The summed E-state index contributed by atoms with van der Waals surface area (Å²) < 4.78 is 5.41. The van der Waals surface area contributed by atoms with E-state index in [2.05, 4.69) is 11.9 Å². The van der Waals surface area contributed by atoms with Crippen LogP contribution in [0.4, 0.5) is 0 Å². The quantitative estimate of drug-likeness (QED) is 0.789. The van der Waals surface area contributed by atoms with Gasteiger partial charge in [0.15, 0.2) is 0 Å². The second kappa shape index (κ2) is 6.07. The lowest BCUT2D eigenvalue weighted by atomic mass is 9.95. The highest BCUT2D eigenvalue weighted by Crippen LogP contribution is 2.24. The van der Waals surface area contributed by atoms with Crippen molar-refractivity contribution in [3.8, 4) is 0 Å². The predicted octanol–water partition coefficient (Wildman–Crippen LogP) is 2.89. The van der Waals surface area contributed by atoms with Crippen LogP contribution in [-0.2, 0) is 4.74 Å². The molecule has 0 N–H and O–H groups in total. The highest BCUT2D eigenvalue weighted by Gasteiger charge is 2.30. The molecule has 1 aromatic rings. The second-order valence-electron chi connectivity index (χ2n) is 4.78. The zero-order chi connectivity index (χ0) is 14.0. The molecule has 2 rings (SSSR count). The van der Waals surface area contributed by atoms with E-state index in [-0.39, 0.29) is 17.2 Å². The summed E-state index contributed by atoms with van der Waals surface area (Å²) in [5, 5.41) is 0.586. The molecule has 6 heteroatoms. The average Bonchev–Trinajstić information content (AvgIpc) is 2.41. The van der Waals surface area contributed by atoms with Crippen molar-refractivity contribution in [2.75, 3.05) is 20.2 Å². The molecule has 2 unspecified atom stereocenters. The molecular formula is C13H16Cl2N2O2. The second-order valence-corrected chi connectivity index (χ2v) is 5.57. The van der Waals surface area contributed by atoms with E-state index in [1.54, 1.807) is 12.0 Å². The van der Waals surface area contributed by atoms with Crippen LogP contribution >= 0.6 is 23.2 Å². The standard InChI is InChI=1S/C13H16Cl2N2O2/c1-8-3-4-17(7-11(8)19-2)13(18)9-5-12(15)16-6-10(9)14/h5-6,8,11H,3-4,7H2,1-2H3. The molecular weight excluding hydrogens is 287 g/mol. The summed E-state index contributed by atoms with van der Waals surface area (Å²) in [7, 11) is 1.67. The maximum absolute atomic E-state index is 12.4. The van der Waals surface area contributed by atoms with E-state index in [4.69, 9.17) is 27.9 Å². The van der Waals surface area contributed by atoms with E-state index >= 15 is 0 Å². The Labute approximate surface area is 122 Å². The lowest BCUT2D eigenvalue weighted by molar-refractivity contribution is -0.00156. The van der Waals surface area contributed by atoms with E-state index in [0.717, 1.165) is 6.42 Å². The lowest BCUT2D eigenvalue weighted by Crippen LogP contribution is -2.46. The minimum atomic E-state index is -0.122. The monoisotopic (exact) mass is 302 g/mol. The molecule has 4 nitrogen and oxygen atoms in total. The molecule has 0 aromatic carbocycles. The molecule has 1 aliphatic rings. The maximum atomic E-state index is 12.4. The molecule has 2 atom stereocenters. The van der Waals surface area contributed by atoms with Crippen molar-refractivity contribution in [2.45, 2.75) is 19.4 Å². The van der Waals surface area contributed by atoms with Gasteiger partial charge in [-0.3, -0.25) is 4.79 Å². The molecule has 1 saturated heterocycles. The Hall–Kier alpha value is -0.840. The van der Waals surface area contributed by atoms with Crippen LogP contribution in [0.25, 0.3) is 0 Å². The minimum Gasteiger partial charge on any atom is -0.379 e. The zero-order valence-corrected chi connectivity index (χ0v) is 12.4. The summed E-state index contributed by atoms with van der Waals surface area (Å²) in [6.07, 6.45) is 2.38. The predicted molar refractivity (Wildman–Crippen MR) is 74.7 cm³/mol. The third-order valence-corrected chi connectivity index (χ3v) is 4.04. The van der Waals surface area contributed by atoms with E-state index in [9.17, 15) is 4.79 Å². The molecule has 0 saturated carbocycles. The van der Waals surface area contributed by atoms with Crippen LogP contribution in [-0.4, -0.2) is 42.1 Å². The smallest absolute Gasteiger partial charge is 0.255 e. The number of amides is 1. The Morgan fingerprint density at radius 2 is 2.26 bits per heavy atom. The van der Waals surface area contributed by atoms with Gasteiger partial charge in [-0.25, -0.2) is 4.98 Å². The van der Waals surface area contributed by atoms with Gasteiger partial charge in [-0.05, 0) is 18.4 Å². The normalized spacial score (nSPS) is 23.5. The van der Waals surface area contributed by atoms with Crippen LogP contribution in [0.2, 0.25) is 10.2 Å². The molecule has 2 heterocycles. The fourth-order valence-electron chi connectivity index (χ4n) is 2.27. The number of ether oxygens (including phenoxy) is 1. The number of carbonyl (C=O) groups is 1. The van der Waals surface area contributed by atoms with Crippen LogP contribution in [0.3, 0.4) is 0 Å². The number of pyridine rings is 1. The van der Waals surface area contributed by atoms with Crippen molar-refractivity contribution in [1.29, 1.82) is 0 Å². The molecule has 104 valence electrons. The lowest BCUT2D eigenvalue weighted by Gasteiger charge is -2.36. The van der Waals surface area contributed by atoms with Crippen molar-refractivity contribution < 1.29 is 9.53 Å². The third kappa shape index (κ3) is 3.19. The number of methoxy groups -OCH3 is 1. The minimum absolute atomic E-state index is 0.0637. The van der Waals surface area contributed by atoms with Gasteiger partial charge in [0.25, 0.3) is 5.91 Å². The summed E-state index contributed by atoms with van der Waals surface area (Å²) in [6.45, 7) is 3.41. The highest BCUT2D eigenvalue weighted by molar-refractivity contribution is 6.35. The molecule has 1 fully saturated rings. The molecule has 19 heavy (non-hydrogen) atoms. The summed E-state index contributed by atoms with van der Waals surface area (Å²) in [6, 6.07) is 1.51. The van der Waals surface area contributed by atoms with Gasteiger partial charge >= 0.3 is 0 Å². The van der Waals surface area contributed by atoms with Gasteiger partial charge in [-0.15, -0.1) is 0 Å². The van der Waals surface area contributed by atoms with Crippen LogP contribution in [0.1, 0.15) is 23.7 Å². The summed E-state index contributed by atoms with van der Waals surface area (Å²) in [5.41, 5.74) is 0.395. The number of aromatic nitrogens is 1. The summed E-state index contributed by atoms with van der Waals surface area (Å²) in [5.74, 6) is 0.328. The number of hydrogen-bond acceptors (Lipinski definition) is 3. The number of rotatable bonds is 2. The third-order valence-electron chi connectivity index (χ3n) is 3.53. The first-order valence-corrected chi connectivity index (χ1v) is 6.91. The molecule has 0 aliphatic carbocycles. The molecule has 0 bridgehead atoms. The molecule has 1 amide bonds. The Morgan fingerprint density at radius 1 is 1.53 bits per heavy atom. The largest absolute Gasteiger partial charge is 0.379 e. The van der Waals surface area contributed by atoms with Crippen LogP contribution in [0, 0.1) is 5.92 Å². The SMILES string of the molecule is COC1CN(C(=O)c2cc(Cl)ncc2Cl)CCC1C. The number of likely N-dealkylation sites (tertiary alicyclic amines) is 1. The Bertz CT molecular complexity index is 482. The molecule has 1 aromatic heterocycles. The van der Waals surface area contributed by atoms with Crippen LogP contribution in [0.15, 0.2) is 12.3 Å². The average molecular weight is 303 g/mol. The first-order valence-electron chi connectivity index (χ1n) is 6.16. The Kier molecular flexibility index (Phi) is 4.66. The van der Waals surface area contributed by atoms with Crippen LogP contribution in [0.5, 0.6) is 0 Å². The Balaban J connectivity index is 2.18. The zero-order valence-electron chi connectivity index (χ0n) is 10.9.